The zero-order valence-corrected chi connectivity index (χ0v) is 18.4. The lowest BCUT2D eigenvalue weighted by Crippen LogP contribution is -2.41. The predicted octanol–water partition coefficient (Wildman–Crippen LogP) is 3.75. The highest BCUT2D eigenvalue weighted by atomic mass is 16.5. The third-order valence-corrected chi connectivity index (χ3v) is 4.49. The largest absolute Gasteiger partial charge is 0.490 e. The van der Waals surface area contributed by atoms with E-state index >= 15 is 0 Å². The smallest absolute Gasteiger partial charge is 0.269 e. The number of hydrogen-bond acceptors (Lipinski definition) is 5. The van der Waals surface area contributed by atoms with E-state index in [1.54, 1.807) is 24.3 Å². The van der Waals surface area contributed by atoms with Crippen molar-refractivity contribution in [3.8, 4) is 22.9 Å². The molecule has 2 N–H and O–H groups in total. The van der Waals surface area contributed by atoms with Crippen molar-refractivity contribution in [2.45, 2.75) is 20.8 Å². The van der Waals surface area contributed by atoms with Crippen LogP contribution in [0.1, 0.15) is 41.5 Å². The highest BCUT2D eigenvalue weighted by molar-refractivity contribution is 5.99. The Labute approximate surface area is 187 Å². The number of rotatable bonds is 9. The fourth-order valence-corrected chi connectivity index (χ4v) is 3.07. The number of benzene rings is 2. The number of ether oxygens (including phenoxy) is 3. The lowest BCUT2D eigenvalue weighted by molar-refractivity contribution is 0.0846. The summed E-state index contributed by atoms with van der Waals surface area (Å²) in [7, 11) is 0. The van der Waals surface area contributed by atoms with Gasteiger partial charge in [0.1, 0.15) is 0 Å². The minimum absolute atomic E-state index is 0.267. The van der Waals surface area contributed by atoms with Gasteiger partial charge in [0.15, 0.2) is 11.5 Å². The van der Waals surface area contributed by atoms with E-state index in [1.165, 1.54) is 0 Å². The summed E-state index contributed by atoms with van der Waals surface area (Å²) in [4.78, 5) is 25.1. The minimum Gasteiger partial charge on any atom is -0.490 e. The van der Waals surface area contributed by atoms with Gasteiger partial charge in [-0.3, -0.25) is 20.4 Å². The first kappa shape index (κ1) is 22.7. The predicted molar refractivity (Wildman–Crippen MR) is 121 cm³/mol. The summed E-state index contributed by atoms with van der Waals surface area (Å²) in [5, 5.41) is 0. The summed E-state index contributed by atoms with van der Waals surface area (Å²) in [6.07, 6.45) is 3.83. The molecule has 2 aromatic carbocycles. The Kier molecular flexibility index (Phi) is 7.75. The van der Waals surface area contributed by atoms with Crippen molar-refractivity contribution < 1.29 is 23.8 Å². The van der Waals surface area contributed by atoms with Gasteiger partial charge >= 0.3 is 0 Å². The number of carbonyl (C=O) groups is 2. The minimum atomic E-state index is -0.507. The molecule has 2 amide bonds. The van der Waals surface area contributed by atoms with E-state index in [2.05, 4.69) is 10.9 Å². The fraction of sp³-hybridized carbons (Fsp3) is 0.250. The Morgan fingerprint density at radius 1 is 0.750 bits per heavy atom. The van der Waals surface area contributed by atoms with Crippen LogP contribution in [0, 0.1) is 0 Å². The van der Waals surface area contributed by atoms with E-state index in [1.807, 2.05) is 62.0 Å². The number of aromatic nitrogens is 1. The molecule has 0 aliphatic heterocycles. The second kappa shape index (κ2) is 10.9. The zero-order valence-electron chi connectivity index (χ0n) is 18.4. The quantitative estimate of drug-likeness (QED) is 0.498. The summed E-state index contributed by atoms with van der Waals surface area (Å²) in [6.45, 7) is 6.74. The van der Waals surface area contributed by atoms with Crippen LogP contribution in [0.5, 0.6) is 17.2 Å². The second-order valence-electron chi connectivity index (χ2n) is 6.65. The average Bonchev–Trinajstić information content (AvgIpc) is 3.34. The highest BCUT2D eigenvalue weighted by Gasteiger charge is 2.19. The summed E-state index contributed by atoms with van der Waals surface area (Å²) in [5.74, 6) is 0.306. The van der Waals surface area contributed by atoms with Crippen LogP contribution in [0.25, 0.3) is 5.69 Å². The van der Waals surface area contributed by atoms with Gasteiger partial charge in [-0.1, -0.05) is 0 Å². The highest BCUT2D eigenvalue weighted by Crippen LogP contribution is 2.39. The van der Waals surface area contributed by atoms with Gasteiger partial charge < -0.3 is 18.8 Å². The molecule has 1 heterocycles. The molecule has 0 bridgehead atoms. The molecule has 0 fully saturated rings. The average molecular weight is 437 g/mol. The Balaban J connectivity index is 1.71. The third-order valence-electron chi connectivity index (χ3n) is 4.49. The molecule has 0 unspecified atom stereocenters. The van der Waals surface area contributed by atoms with Crippen molar-refractivity contribution >= 4 is 11.8 Å². The van der Waals surface area contributed by atoms with Crippen molar-refractivity contribution in [1.29, 1.82) is 0 Å². The molecule has 0 spiro atoms. The van der Waals surface area contributed by atoms with E-state index in [-0.39, 0.29) is 5.56 Å². The first-order valence-corrected chi connectivity index (χ1v) is 10.5. The van der Waals surface area contributed by atoms with Crippen LogP contribution in [0.2, 0.25) is 0 Å². The first-order chi connectivity index (χ1) is 15.6. The molecule has 0 aliphatic rings. The lowest BCUT2D eigenvalue weighted by Gasteiger charge is -2.17. The Morgan fingerprint density at radius 3 is 1.75 bits per heavy atom. The van der Waals surface area contributed by atoms with Gasteiger partial charge in [-0.25, -0.2) is 0 Å². The van der Waals surface area contributed by atoms with E-state index in [0.29, 0.717) is 42.6 Å². The molecule has 8 nitrogen and oxygen atoms in total. The van der Waals surface area contributed by atoms with Crippen molar-refractivity contribution in [3.63, 3.8) is 0 Å². The number of hydrogen-bond donors (Lipinski definition) is 2. The molecule has 0 saturated carbocycles. The molecule has 0 aliphatic carbocycles. The molecule has 3 aromatic rings. The van der Waals surface area contributed by atoms with Crippen molar-refractivity contribution in [1.82, 2.24) is 15.4 Å². The van der Waals surface area contributed by atoms with Crippen molar-refractivity contribution in [3.05, 3.63) is 72.1 Å². The normalized spacial score (nSPS) is 10.3. The number of amides is 2. The van der Waals surface area contributed by atoms with Gasteiger partial charge in [-0.15, -0.1) is 0 Å². The molecule has 8 heteroatoms. The molecule has 0 saturated heterocycles. The lowest BCUT2D eigenvalue weighted by atomic mass is 10.1. The van der Waals surface area contributed by atoms with Gasteiger partial charge in [-0.2, -0.15) is 0 Å². The van der Waals surface area contributed by atoms with Crippen LogP contribution < -0.4 is 25.1 Å². The van der Waals surface area contributed by atoms with Gasteiger partial charge in [0.25, 0.3) is 11.8 Å². The van der Waals surface area contributed by atoms with Crippen molar-refractivity contribution in [2.75, 3.05) is 19.8 Å². The Morgan fingerprint density at radius 2 is 1.25 bits per heavy atom. The number of nitrogens with one attached hydrogen (secondary N) is 2. The maximum absolute atomic E-state index is 12.7. The molecule has 0 radical (unpaired) electrons. The van der Waals surface area contributed by atoms with E-state index < -0.39 is 11.8 Å². The maximum Gasteiger partial charge on any atom is 0.269 e. The number of carbonyl (C=O) groups excluding carboxylic acids is 2. The van der Waals surface area contributed by atoms with E-state index in [4.69, 9.17) is 14.2 Å². The van der Waals surface area contributed by atoms with Gasteiger partial charge in [-0.05, 0) is 69.3 Å². The van der Waals surface area contributed by atoms with Crippen LogP contribution in [-0.2, 0) is 0 Å². The third kappa shape index (κ3) is 5.40. The Hall–Kier alpha value is -3.94. The molecular weight excluding hydrogens is 410 g/mol. The zero-order chi connectivity index (χ0) is 22.9. The summed E-state index contributed by atoms with van der Waals surface area (Å²) in [5.41, 5.74) is 6.48. The topological polar surface area (TPSA) is 90.8 Å². The van der Waals surface area contributed by atoms with Crippen LogP contribution >= 0.6 is 0 Å². The van der Waals surface area contributed by atoms with E-state index in [9.17, 15) is 9.59 Å². The second-order valence-corrected chi connectivity index (χ2v) is 6.65. The van der Waals surface area contributed by atoms with Crippen LogP contribution in [0.15, 0.2) is 60.9 Å². The summed E-state index contributed by atoms with van der Waals surface area (Å²) in [6, 6.07) is 14.0. The standard InChI is InChI=1S/C24H27N3O5/c1-4-30-20-15-18(16-21(31-5-2)22(20)32-6-3)24(29)26-25-23(28)17-9-11-19(12-10-17)27-13-7-8-14-27/h7-16H,4-6H2,1-3H3,(H,25,28)(H,26,29). The molecule has 168 valence electrons. The summed E-state index contributed by atoms with van der Waals surface area (Å²) >= 11 is 0. The van der Waals surface area contributed by atoms with Gasteiger partial charge in [0.05, 0.1) is 19.8 Å². The van der Waals surface area contributed by atoms with E-state index in [0.717, 1.165) is 5.69 Å². The molecule has 32 heavy (non-hydrogen) atoms. The van der Waals surface area contributed by atoms with Crippen LogP contribution in [-0.4, -0.2) is 36.2 Å². The number of hydrazine groups is 1. The molecular formula is C24H27N3O5. The van der Waals surface area contributed by atoms with Crippen LogP contribution in [0.3, 0.4) is 0 Å². The van der Waals surface area contributed by atoms with Crippen LogP contribution in [0.4, 0.5) is 0 Å². The Bertz CT molecular complexity index is 1020. The monoisotopic (exact) mass is 437 g/mol. The summed E-state index contributed by atoms with van der Waals surface area (Å²) < 4.78 is 18.8. The fourth-order valence-electron chi connectivity index (χ4n) is 3.07. The molecule has 0 atom stereocenters. The van der Waals surface area contributed by atoms with Crippen molar-refractivity contribution in [2.24, 2.45) is 0 Å². The van der Waals surface area contributed by atoms with Gasteiger partial charge in [0, 0.05) is 29.2 Å². The SMILES string of the molecule is CCOc1cc(C(=O)NNC(=O)c2ccc(-n3cccc3)cc2)cc(OCC)c1OCC. The maximum atomic E-state index is 12.7. The van der Waals surface area contributed by atoms with Gasteiger partial charge in [0.2, 0.25) is 5.75 Å². The molecule has 3 rings (SSSR count). The number of nitrogens with zero attached hydrogens (tertiary/aromatic N) is 1. The molecule has 1 aromatic heterocycles. The first-order valence-electron chi connectivity index (χ1n) is 10.5.